The number of nitrogens with zero attached hydrogens (tertiary/aromatic N) is 2. The fourth-order valence-corrected chi connectivity index (χ4v) is 4.73. The van der Waals surface area contributed by atoms with E-state index in [4.69, 9.17) is 27.9 Å². The summed E-state index contributed by atoms with van der Waals surface area (Å²) in [7, 11) is 0. The molecule has 2 aromatic rings. The van der Waals surface area contributed by atoms with Crippen LogP contribution in [0.3, 0.4) is 0 Å². The lowest BCUT2D eigenvalue weighted by Gasteiger charge is -2.36. The SMILES string of the molecule is Cc1cc(NC2CCC(OCC(=O)N3CCN(c4ccc(Cl)cc4)CC3)CC2)ccc1Cl. The molecule has 4 rings (SSSR count). The van der Waals surface area contributed by atoms with Crippen molar-refractivity contribution in [2.45, 2.75) is 44.8 Å². The average molecular weight is 476 g/mol. The van der Waals surface area contributed by atoms with Crippen LogP contribution in [0, 0.1) is 6.92 Å². The van der Waals surface area contributed by atoms with Crippen LogP contribution in [-0.2, 0) is 9.53 Å². The van der Waals surface area contributed by atoms with Gasteiger partial charge in [0.05, 0.1) is 6.10 Å². The second kappa shape index (κ2) is 10.8. The Balaban J connectivity index is 1.15. The molecule has 2 aliphatic rings. The molecule has 1 saturated carbocycles. The summed E-state index contributed by atoms with van der Waals surface area (Å²) in [5, 5.41) is 5.14. The number of aryl methyl sites for hydroxylation is 1. The summed E-state index contributed by atoms with van der Waals surface area (Å²) in [5.74, 6) is 0.0950. The highest BCUT2D eigenvalue weighted by Gasteiger charge is 2.25. The van der Waals surface area contributed by atoms with Gasteiger partial charge in [0.1, 0.15) is 6.61 Å². The third kappa shape index (κ3) is 6.09. The third-order valence-corrected chi connectivity index (χ3v) is 7.15. The predicted molar refractivity (Wildman–Crippen MR) is 132 cm³/mol. The highest BCUT2D eigenvalue weighted by atomic mass is 35.5. The first-order chi connectivity index (χ1) is 15.5. The van der Waals surface area contributed by atoms with Crippen LogP contribution in [0.2, 0.25) is 10.0 Å². The number of hydrogen-bond acceptors (Lipinski definition) is 4. The summed E-state index contributed by atoms with van der Waals surface area (Å²) in [4.78, 5) is 16.8. The fraction of sp³-hybridized carbons (Fsp3) is 0.480. The quantitative estimate of drug-likeness (QED) is 0.607. The molecule has 0 radical (unpaired) electrons. The maximum absolute atomic E-state index is 12.6. The number of hydrogen-bond donors (Lipinski definition) is 1. The van der Waals surface area contributed by atoms with Crippen molar-refractivity contribution in [1.82, 2.24) is 4.90 Å². The van der Waals surface area contributed by atoms with E-state index in [-0.39, 0.29) is 18.6 Å². The summed E-state index contributed by atoms with van der Waals surface area (Å²) >= 11 is 12.1. The molecule has 0 atom stereocenters. The van der Waals surface area contributed by atoms with Gasteiger partial charge in [0.2, 0.25) is 5.91 Å². The van der Waals surface area contributed by atoms with Crippen LogP contribution in [-0.4, -0.2) is 55.7 Å². The van der Waals surface area contributed by atoms with Crippen molar-refractivity contribution in [3.8, 4) is 0 Å². The maximum Gasteiger partial charge on any atom is 0.248 e. The molecule has 1 saturated heterocycles. The van der Waals surface area contributed by atoms with E-state index in [1.165, 1.54) is 0 Å². The Labute approximate surface area is 200 Å². The zero-order chi connectivity index (χ0) is 22.5. The first-order valence-electron chi connectivity index (χ1n) is 11.4. The van der Waals surface area contributed by atoms with Crippen LogP contribution in [0.1, 0.15) is 31.2 Å². The van der Waals surface area contributed by atoms with Gasteiger partial charge in [0.25, 0.3) is 0 Å². The highest BCUT2D eigenvalue weighted by molar-refractivity contribution is 6.31. The van der Waals surface area contributed by atoms with E-state index >= 15 is 0 Å². The molecule has 1 heterocycles. The van der Waals surface area contributed by atoms with Crippen molar-refractivity contribution in [2.24, 2.45) is 0 Å². The Morgan fingerprint density at radius 2 is 1.69 bits per heavy atom. The van der Waals surface area contributed by atoms with Crippen LogP contribution in [0.5, 0.6) is 0 Å². The van der Waals surface area contributed by atoms with Crippen LogP contribution in [0.25, 0.3) is 0 Å². The number of benzene rings is 2. The minimum atomic E-state index is 0.0950. The smallest absolute Gasteiger partial charge is 0.248 e. The van der Waals surface area contributed by atoms with E-state index < -0.39 is 0 Å². The topological polar surface area (TPSA) is 44.8 Å². The van der Waals surface area contributed by atoms with Crippen LogP contribution in [0.15, 0.2) is 42.5 Å². The number of amides is 1. The number of carbonyl (C=O) groups excluding carboxylic acids is 1. The van der Waals surface area contributed by atoms with Gasteiger partial charge in [-0.2, -0.15) is 0 Å². The number of ether oxygens (including phenoxy) is 1. The van der Waals surface area contributed by atoms with E-state index in [9.17, 15) is 4.79 Å². The van der Waals surface area contributed by atoms with Gasteiger partial charge < -0.3 is 19.9 Å². The monoisotopic (exact) mass is 475 g/mol. The van der Waals surface area contributed by atoms with Gasteiger partial charge in [-0.05, 0) is 80.6 Å². The van der Waals surface area contributed by atoms with Crippen LogP contribution < -0.4 is 10.2 Å². The molecule has 0 bridgehead atoms. The fourth-order valence-electron chi connectivity index (χ4n) is 4.49. The Morgan fingerprint density at radius 1 is 1.00 bits per heavy atom. The number of nitrogens with one attached hydrogen (secondary N) is 1. The van der Waals surface area contributed by atoms with E-state index in [2.05, 4.69) is 16.3 Å². The lowest BCUT2D eigenvalue weighted by atomic mass is 9.92. The average Bonchev–Trinajstić information content (AvgIpc) is 2.81. The van der Waals surface area contributed by atoms with E-state index in [1.54, 1.807) is 0 Å². The van der Waals surface area contributed by atoms with Gasteiger partial charge in [0.15, 0.2) is 0 Å². The number of piperazine rings is 1. The second-order valence-electron chi connectivity index (χ2n) is 8.74. The van der Waals surface area contributed by atoms with Gasteiger partial charge >= 0.3 is 0 Å². The summed E-state index contributed by atoms with van der Waals surface area (Å²) in [6, 6.07) is 14.4. The number of rotatable bonds is 6. The van der Waals surface area contributed by atoms with Crippen LogP contribution >= 0.6 is 23.2 Å². The van der Waals surface area contributed by atoms with Crippen molar-refractivity contribution < 1.29 is 9.53 Å². The van der Waals surface area contributed by atoms with Gasteiger partial charge in [-0.3, -0.25) is 4.79 Å². The summed E-state index contributed by atoms with van der Waals surface area (Å²) in [5.41, 5.74) is 3.35. The Hall–Kier alpha value is -1.95. The summed E-state index contributed by atoms with van der Waals surface area (Å²) < 4.78 is 5.99. The molecule has 2 aromatic carbocycles. The number of halogens is 2. The first kappa shape index (κ1) is 23.2. The molecule has 172 valence electrons. The molecule has 1 amide bonds. The maximum atomic E-state index is 12.6. The zero-order valence-electron chi connectivity index (χ0n) is 18.5. The van der Waals surface area contributed by atoms with Crippen LogP contribution in [0.4, 0.5) is 11.4 Å². The second-order valence-corrected chi connectivity index (χ2v) is 9.58. The molecule has 0 unspecified atom stereocenters. The molecule has 1 aliphatic heterocycles. The van der Waals surface area contributed by atoms with E-state index in [1.807, 2.05) is 48.2 Å². The molecule has 0 spiro atoms. The van der Waals surface area contributed by atoms with E-state index in [0.717, 1.165) is 78.8 Å². The zero-order valence-corrected chi connectivity index (χ0v) is 20.0. The minimum Gasteiger partial charge on any atom is -0.382 e. The normalized spacial score (nSPS) is 21.5. The molecule has 5 nitrogen and oxygen atoms in total. The minimum absolute atomic E-state index is 0.0950. The molecular formula is C25H31Cl2N3O2. The summed E-state index contributed by atoms with van der Waals surface area (Å²) in [6.07, 6.45) is 4.20. The van der Waals surface area contributed by atoms with Gasteiger partial charge in [0, 0.05) is 53.6 Å². The standard InChI is InChI=1S/C25H31Cl2N3O2/c1-18-16-21(6-11-24(18)27)28-20-4-9-23(10-5-20)32-17-25(31)30-14-12-29(13-15-30)22-7-2-19(26)3-8-22/h2-3,6-8,11,16,20,23,28H,4-5,9-10,12-15,17H2,1H3. The Bertz CT molecular complexity index is 906. The van der Waals surface area contributed by atoms with Gasteiger partial charge in [-0.25, -0.2) is 0 Å². The molecule has 0 aromatic heterocycles. The molecule has 2 fully saturated rings. The predicted octanol–water partition coefficient (Wildman–Crippen LogP) is 5.39. The van der Waals surface area contributed by atoms with Crippen molar-refractivity contribution in [2.75, 3.05) is 43.0 Å². The van der Waals surface area contributed by atoms with Gasteiger partial charge in [-0.15, -0.1) is 0 Å². The van der Waals surface area contributed by atoms with Crippen molar-refractivity contribution >= 4 is 40.5 Å². The van der Waals surface area contributed by atoms with E-state index in [0.29, 0.717) is 6.04 Å². The lowest BCUT2D eigenvalue weighted by molar-refractivity contribution is -0.139. The third-order valence-electron chi connectivity index (χ3n) is 6.47. The lowest BCUT2D eigenvalue weighted by Crippen LogP contribution is -2.50. The molecule has 1 aliphatic carbocycles. The molecule has 1 N–H and O–H groups in total. The van der Waals surface area contributed by atoms with Crippen molar-refractivity contribution in [3.05, 3.63) is 58.1 Å². The Kier molecular flexibility index (Phi) is 7.82. The first-order valence-corrected chi connectivity index (χ1v) is 12.2. The molecule has 7 heteroatoms. The van der Waals surface area contributed by atoms with Crippen molar-refractivity contribution in [1.29, 1.82) is 0 Å². The van der Waals surface area contributed by atoms with Gasteiger partial charge in [-0.1, -0.05) is 23.2 Å². The molecule has 32 heavy (non-hydrogen) atoms. The largest absolute Gasteiger partial charge is 0.382 e. The summed E-state index contributed by atoms with van der Waals surface area (Å²) in [6.45, 7) is 5.31. The number of carbonyl (C=O) groups is 1. The molecular weight excluding hydrogens is 445 g/mol. The Morgan fingerprint density at radius 3 is 2.34 bits per heavy atom. The van der Waals surface area contributed by atoms with Crippen molar-refractivity contribution in [3.63, 3.8) is 0 Å². The highest BCUT2D eigenvalue weighted by Crippen LogP contribution is 2.26. The number of anilines is 2.